The van der Waals surface area contributed by atoms with Gasteiger partial charge in [0.1, 0.15) is 0 Å². The van der Waals surface area contributed by atoms with E-state index in [0.29, 0.717) is 6.10 Å². The number of methoxy groups -OCH3 is 1. The van der Waals surface area contributed by atoms with Crippen LogP contribution < -0.4 is 0 Å². The first kappa shape index (κ1) is 20.8. The van der Waals surface area contributed by atoms with Gasteiger partial charge < -0.3 is 9.84 Å². The van der Waals surface area contributed by atoms with Crippen molar-refractivity contribution in [3.05, 3.63) is 47.7 Å². The molecule has 136 valence electrons. The highest BCUT2D eigenvalue weighted by Crippen LogP contribution is 2.17. The molecule has 2 aromatic rings. The quantitative estimate of drug-likeness (QED) is 0.677. The van der Waals surface area contributed by atoms with Crippen molar-refractivity contribution in [2.75, 3.05) is 7.11 Å². The third-order valence-corrected chi connectivity index (χ3v) is 4.05. The average molecular weight is 343 g/mol. The molecule has 1 atom stereocenters. The van der Waals surface area contributed by atoms with E-state index in [2.05, 4.69) is 56.3 Å². The van der Waals surface area contributed by atoms with E-state index < -0.39 is 0 Å². The van der Waals surface area contributed by atoms with Gasteiger partial charge in [-0.15, -0.1) is 0 Å². The maximum atomic E-state index is 8.36. The molecule has 0 aliphatic heterocycles. The fraction of sp³-hybridized carbons (Fsp3) is 0.429. The largest absolute Gasteiger partial charge is 0.483 e. The minimum Gasteiger partial charge on any atom is -0.483 e. The first-order chi connectivity index (χ1) is 12.2. The number of benzene rings is 1. The molecule has 0 radical (unpaired) electrons. The average Bonchev–Trinajstić information content (AvgIpc) is 2.64. The zero-order chi connectivity index (χ0) is 18.5. The van der Waals surface area contributed by atoms with E-state index in [1.165, 1.54) is 17.4 Å². The number of carboxylic acid groups (broad SMARTS) is 1. The summed E-state index contributed by atoms with van der Waals surface area (Å²) >= 11 is 0. The number of fused-ring (bicyclic) bond motifs is 1. The minimum atomic E-state index is -0.250. The third-order valence-electron chi connectivity index (χ3n) is 4.05. The van der Waals surface area contributed by atoms with Crippen molar-refractivity contribution in [1.29, 1.82) is 0 Å². The van der Waals surface area contributed by atoms with Crippen LogP contribution in [0.2, 0.25) is 0 Å². The van der Waals surface area contributed by atoms with Crippen LogP contribution in [0.5, 0.6) is 0 Å². The number of allylic oxidation sites excluding steroid dienone is 1. The number of aromatic nitrogens is 1. The lowest BCUT2D eigenvalue weighted by Gasteiger charge is -2.12. The monoisotopic (exact) mass is 343 g/mol. The van der Waals surface area contributed by atoms with Crippen LogP contribution in [0.1, 0.15) is 50.8 Å². The highest BCUT2D eigenvalue weighted by Gasteiger charge is 2.03. The van der Waals surface area contributed by atoms with E-state index in [-0.39, 0.29) is 6.47 Å². The number of rotatable bonds is 8. The van der Waals surface area contributed by atoms with Gasteiger partial charge in [-0.1, -0.05) is 50.6 Å². The molecule has 4 heteroatoms. The van der Waals surface area contributed by atoms with Crippen LogP contribution in [-0.2, 0) is 16.0 Å². The van der Waals surface area contributed by atoms with Crippen LogP contribution in [0, 0.1) is 0 Å². The molecule has 25 heavy (non-hydrogen) atoms. The number of ether oxygens (including phenoxy) is 1. The summed E-state index contributed by atoms with van der Waals surface area (Å²) in [4.78, 5) is 13.1. The van der Waals surface area contributed by atoms with Gasteiger partial charge in [0.2, 0.25) is 0 Å². The summed E-state index contributed by atoms with van der Waals surface area (Å²) in [6.45, 7) is 4.09. The van der Waals surface area contributed by atoms with E-state index in [9.17, 15) is 0 Å². The van der Waals surface area contributed by atoms with E-state index in [1.54, 1.807) is 0 Å². The van der Waals surface area contributed by atoms with Crippen LogP contribution in [0.3, 0.4) is 0 Å². The molecule has 1 N–H and O–H groups in total. The number of aryl methyl sites for hydroxylation is 1. The maximum Gasteiger partial charge on any atom is 0.290 e. The van der Waals surface area contributed by atoms with E-state index in [1.807, 2.05) is 7.11 Å². The standard InChI is InChI=1S/C20H27NO.CH2O2/c1-4-8-19(22-3)10-7-6-9-16-11-12-17-13-14-18(5-2)21-20(17)15-16;2-1-3/h6,9,11-15,19H,4-5,7-8,10H2,1-3H3;1H,(H,2,3)/b9-6+;. The van der Waals surface area contributed by atoms with Gasteiger partial charge in [0.15, 0.2) is 0 Å². The second-order valence-corrected chi connectivity index (χ2v) is 5.84. The smallest absolute Gasteiger partial charge is 0.290 e. The molecular weight excluding hydrogens is 314 g/mol. The molecule has 0 aliphatic rings. The van der Waals surface area contributed by atoms with Crippen LogP contribution in [0.4, 0.5) is 0 Å². The number of pyridine rings is 1. The Kier molecular flexibility index (Phi) is 10.2. The van der Waals surface area contributed by atoms with Gasteiger partial charge in [-0.05, 0) is 43.4 Å². The van der Waals surface area contributed by atoms with Crippen molar-refractivity contribution in [2.24, 2.45) is 0 Å². The highest BCUT2D eigenvalue weighted by molar-refractivity contribution is 5.81. The normalized spacial score (nSPS) is 12.0. The van der Waals surface area contributed by atoms with Gasteiger partial charge in [-0.2, -0.15) is 0 Å². The van der Waals surface area contributed by atoms with Crippen LogP contribution in [0.25, 0.3) is 17.0 Å². The van der Waals surface area contributed by atoms with Crippen LogP contribution in [0.15, 0.2) is 36.4 Å². The molecule has 0 saturated carbocycles. The van der Waals surface area contributed by atoms with Crippen molar-refractivity contribution >= 4 is 23.5 Å². The molecule has 0 saturated heterocycles. The van der Waals surface area contributed by atoms with E-state index in [0.717, 1.165) is 36.9 Å². The van der Waals surface area contributed by atoms with E-state index in [4.69, 9.17) is 19.6 Å². The molecule has 1 aromatic heterocycles. The van der Waals surface area contributed by atoms with Crippen molar-refractivity contribution in [3.63, 3.8) is 0 Å². The number of hydrogen-bond donors (Lipinski definition) is 1. The first-order valence-electron chi connectivity index (χ1n) is 8.85. The Balaban J connectivity index is 0.000000970. The summed E-state index contributed by atoms with van der Waals surface area (Å²) < 4.78 is 5.48. The van der Waals surface area contributed by atoms with E-state index >= 15 is 0 Å². The lowest BCUT2D eigenvalue weighted by molar-refractivity contribution is -0.122. The highest BCUT2D eigenvalue weighted by atomic mass is 16.5. The van der Waals surface area contributed by atoms with Gasteiger partial charge >= 0.3 is 0 Å². The summed E-state index contributed by atoms with van der Waals surface area (Å²) in [6, 6.07) is 10.7. The zero-order valence-corrected chi connectivity index (χ0v) is 15.4. The molecule has 4 nitrogen and oxygen atoms in total. The van der Waals surface area contributed by atoms with Crippen molar-refractivity contribution < 1.29 is 14.6 Å². The first-order valence-corrected chi connectivity index (χ1v) is 8.85. The summed E-state index contributed by atoms with van der Waals surface area (Å²) in [5.41, 5.74) is 3.45. The Morgan fingerprint density at radius 2 is 1.92 bits per heavy atom. The van der Waals surface area contributed by atoms with Gasteiger partial charge in [0.05, 0.1) is 11.6 Å². The zero-order valence-electron chi connectivity index (χ0n) is 15.4. The summed E-state index contributed by atoms with van der Waals surface area (Å²) in [6.07, 6.45) is 10.3. The predicted molar refractivity (Wildman–Crippen MR) is 104 cm³/mol. The van der Waals surface area contributed by atoms with Gasteiger partial charge in [0, 0.05) is 18.2 Å². The van der Waals surface area contributed by atoms with Crippen LogP contribution in [-0.4, -0.2) is 29.8 Å². The number of hydrogen-bond acceptors (Lipinski definition) is 3. The molecule has 0 spiro atoms. The van der Waals surface area contributed by atoms with Crippen molar-refractivity contribution in [2.45, 2.75) is 52.1 Å². The molecule has 0 aliphatic carbocycles. The molecule has 0 fully saturated rings. The molecule has 0 amide bonds. The molecular formula is C21H29NO3. The van der Waals surface area contributed by atoms with Crippen molar-refractivity contribution in [1.82, 2.24) is 4.98 Å². The van der Waals surface area contributed by atoms with Crippen LogP contribution >= 0.6 is 0 Å². The molecule has 2 rings (SSSR count). The molecule has 0 bridgehead atoms. The maximum absolute atomic E-state index is 8.36. The Bertz CT molecular complexity index is 667. The molecule has 1 unspecified atom stereocenters. The Hall–Kier alpha value is -2.20. The summed E-state index contributed by atoms with van der Waals surface area (Å²) in [5, 5.41) is 8.09. The molecule has 1 aromatic carbocycles. The second kappa shape index (κ2) is 12.2. The minimum absolute atomic E-state index is 0.250. The van der Waals surface area contributed by atoms with Gasteiger partial charge in [0.25, 0.3) is 6.47 Å². The lowest BCUT2D eigenvalue weighted by atomic mass is 10.1. The van der Waals surface area contributed by atoms with Gasteiger partial charge in [-0.3, -0.25) is 9.78 Å². The predicted octanol–water partition coefficient (Wildman–Crippen LogP) is 5.11. The number of nitrogens with zero attached hydrogens (tertiary/aromatic N) is 1. The number of carbonyl (C=O) groups is 1. The second-order valence-electron chi connectivity index (χ2n) is 5.84. The topological polar surface area (TPSA) is 59.4 Å². The van der Waals surface area contributed by atoms with Crippen molar-refractivity contribution in [3.8, 4) is 0 Å². The fourth-order valence-electron chi connectivity index (χ4n) is 2.68. The molecule has 1 heterocycles. The van der Waals surface area contributed by atoms with Gasteiger partial charge in [-0.25, -0.2) is 0 Å². The Morgan fingerprint density at radius 1 is 1.20 bits per heavy atom. The lowest BCUT2D eigenvalue weighted by Crippen LogP contribution is -2.08. The SMILES string of the molecule is CCCC(CC/C=C/c1ccc2ccc(CC)nc2c1)OC.O=CO. The fourth-order valence-corrected chi connectivity index (χ4v) is 2.68. The Morgan fingerprint density at radius 3 is 2.56 bits per heavy atom. The summed E-state index contributed by atoms with van der Waals surface area (Å²) in [5.74, 6) is 0. The third kappa shape index (κ3) is 7.48. The summed E-state index contributed by atoms with van der Waals surface area (Å²) in [7, 11) is 1.81. The Labute approximate surface area is 150 Å².